The highest BCUT2D eigenvalue weighted by Crippen LogP contribution is 2.57. The van der Waals surface area contributed by atoms with E-state index < -0.39 is 18.2 Å². The molecular weight excluding hydrogens is 459 g/mol. The predicted molar refractivity (Wildman–Crippen MR) is 128 cm³/mol. The molecule has 0 unspecified atom stereocenters. The monoisotopic (exact) mass is 484 g/mol. The summed E-state index contributed by atoms with van der Waals surface area (Å²) in [7, 11) is 2.19. The summed E-state index contributed by atoms with van der Waals surface area (Å²) in [5, 5.41) is -0.0616. The summed E-state index contributed by atoms with van der Waals surface area (Å²) in [5.74, 6) is 0.562. The van der Waals surface area contributed by atoms with Gasteiger partial charge in [0.05, 0.1) is 40.9 Å². The third-order valence-corrected chi connectivity index (χ3v) is 7.92. The highest BCUT2D eigenvalue weighted by molar-refractivity contribution is 8.01. The van der Waals surface area contributed by atoms with Crippen molar-refractivity contribution < 1.29 is 37.8 Å². The molecule has 3 aromatic rings. The molecule has 0 fully saturated rings. The van der Waals surface area contributed by atoms with Gasteiger partial charge >= 0.3 is 0 Å². The van der Waals surface area contributed by atoms with Crippen LogP contribution in [-0.2, 0) is 4.57 Å². The minimum Gasteiger partial charge on any atom is -0.496 e. The largest absolute Gasteiger partial charge is 0.496 e. The molecule has 0 aliphatic heterocycles. The van der Waals surface area contributed by atoms with Gasteiger partial charge in [-0.1, -0.05) is 24.3 Å². The summed E-state index contributed by atoms with van der Waals surface area (Å²) < 4.78 is 41.7. The van der Waals surface area contributed by atoms with Gasteiger partial charge in [0.25, 0.3) is 7.14 Å². The lowest BCUT2D eigenvalue weighted by atomic mass is 10.2. The number of rotatable bonds is 10. The van der Waals surface area contributed by atoms with Crippen LogP contribution in [0.4, 0.5) is 0 Å². The number of para-hydroxylation sites is 1. The number of ether oxygens (including phenoxy) is 5. The number of hydrogen-bond donors (Lipinski definition) is 0. The fourth-order valence-electron chi connectivity index (χ4n) is 3.64. The third-order valence-electron chi connectivity index (χ3n) is 5.28. The van der Waals surface area contributed by atoms with Gasteiger partial charge in [0.1, 0.15) is 39.9 Å². The summed E-state index contributed by atoms with van der Waals surface area (Å²) in [6.45, 7) is 0. The normalized spacial score (nSPS) is 10.9. The van der Waals surface area contributed by atoms with Crippen molar-refractivity contribution in [3.63, 3.8) is 0 Å². The van der Waals surface area contributed by atoms with Crippen LogP contribution < -0.4 is 29.0 Å². The van der Waals surface area contributed by atoms with Gasteiger partial charge in [0.2, 0.25) is 11.0 Å². The molecule has 0 amide bonds. The smallest absolute Gasteiger partial charge is 0.252 e. The van der Waals surface area contributed by atoms with E-state index in [1.165, 1.54) is 71.9 Å². The quantitative estimate of drug-likeness (QED) is 0.391. The summed E-state index contributed by atoms with van der Waals surface area (Å²) in [4.78, 5) is 28.3. The Morgan fingerprint density at radius 2 is 0.853 bits per heavy atom. The van der Waals surface area contributed by atoms with E-state index in [1.807, 2.05) is 0 Å². The molecular formula is C25H25O8P. The first-order chi connectivity index (χ1) is 16.4. The van der Waals surface area contributed by atoms with Crippen LogP contribution in [0.25, 0.3) is 0 Å². The summed E-state index contributed by atoms with van der Waals surface area (Å²) in [6, 6.07) is 15.5. The third kappa shape index (κ3) is 4.13. The molecule has 0 saturated carbocycles. The van der Waals surface area contributed by atoms with Crippen LogP contribution >= 0.6 is 7.14 Å². The van der Waals surface area contributed by atoms with Crippen LogP contribution in [0.3, 0.4) is 0 Å². The Balaban J connectivity index is 2.41. The molecule has 0 atom stereocenters. The first-order valence-electron chi connectivity index (χ1n) is 10.1. The van der Waals surface area contributed by atoms with Gasteiger partial charge < -0.3 is 28.2 Å². The van der Waals surface area contributed by atoms with Crippen molar-refractivity contribution in [1.82, 2.24) is 0 Å². The summed E-state index contributed by atoms with van der Waals surface area (Å²) >= 11 is 0. The SMILES string of the molecule is COc1ccccc1P(=O)(C(=O)c1c(OC)cccc1OC)C(=O)c1c(OC)cccc1OC. The Morgan fingerprint density at radius 3 is 1.21 bits per heavy atom. The Labute approximate surface area is 197 Å². The van der Waals surface area contributed by atoms with E-state index in [2.05, 4.69) is 0 Å². The van der Waals surface area contributed by atoms with Crippen LogP contribution in [-0.4, -0.2) is 46.6 Å². The molecule has 3 rings (SSSR count). The molecule has 34 heavy (non-hydrogen) atoms. The van der Waals surface area contributed by atoms with E-state index in [4.69, 9.17) is 23.7 Å². The van der Waals surface area contributed by atoms with Crippen molar-refractivity contribution in [3.8, 4) is 28.7 Å². The van der Waals surface area contributed by atoms with Gasteiger partial charge in [0.15, 0.2) is 0 Å². The molecule has 0 aliphatic carbocycles. The zero-order chi connectivity index (χ0) is 24.9. The van der Waals surface area contributed by atoms with Crippen molar-refractivity contribution >= 4 is 23.5 Å². The molecule has 9 heteroatoms. The van der Waals surface area contributed by atoms with Crippen molar-refractivity contribution in [2.24, 2.45) is 0 Å². The lowest BCUT2D eigenvalue weighted by Gasteiger charge is -2.22. The highest BCUT2D eigenvalue weighted by Gasteiger charge is 2.48. The molecule has 0 bridgehead atoms. The maximum Gasteiger partial charge on any atom is 0.252 e. The van der Waals surface area contributed by atoms with Crippen molar-refractivity contribution in [2.45, 2.75) is 0 Å². The molecule has 0 heterocycles. The van der Waals surface area contributed by atoms with Gasteiger partial charge in [-0.2, -0.15) is 0 Å². The van der Waals surface area contributed by atoms with Gasteiger partial charge in [-0.3, -0.25) is 9.59 Å². The van der Waals surface area contributed by atoms with E-state index in [9.17, 15) is 14.2 Å². The Bertz CT molecular complexity index is 1150. The fraction of sp³-hybridized carbons (Fsp3) is 0.200. The molecule has 0 radical (unpaired) electrons. The number of methoxy groups -OCH3 is 5. The molecule has 0 aliphatic rings. The van der Waals surface area contributed by atoms with Crippen molar-refractivity contribution in [2.75, 3.05) is 35.5 Å². The summed E-state index contributed by atoms with van der Waals surface area (Å²) in [5.41, 5.74) is -2.18. The molecule has 178 valence electrons. The Morgan fingerprint density at radius 1 is 0.529 bits per heavy atom. The second-order valence-electron chi connectivity index (χ2n) is 6.97. The van der Waals surface area contributed by atoms with Crippen LogP contribution in [0.5, 0.6) is 28.7 Å². The van der Waals surface area contributed by atoms with Gasteiger partial charge in [-0.15, -0.1) is 0 Å². The highest BCUT2D eigenvalue weighted by atomic mass is 31.2. The second-order valence-corrected chi connectivity index (χ2v) is 9.48. The average Bonchev–Trinajstić information content (AvgIpc) is 2.90. The average molecular weight is 484 g/mol. The second kappa shape index (κ2) is 10.4. The number of benzene rings is 3. The zero-order valence-electron chi connectivity index (χ0n) is 19.5. The molecule has 0 aromatic heterocycles. The minimum atomic E-state index is -4.64. The van der Waals surface area contributed by atoms with Crippen molar-refractivity contribution in [1.29, 1.82) is 0 Å². The Kier molecular flexibility index (Phi) is 7.64. The van der Waals surface area contributed by atoms with E-state index in [0.29, 0.717) is 0 Å². The maximum absolute atomic E-state index is 14.9. The molecule has 3 aromatic carbocycles. The van der Waals surface area contributed by atoms with Gasteiger partial charge in [0, 0.05) is 0 Å². The summed E-state index contributed by atoms with van der Waals surface area (Å²) in [6.07, 6.45) is 0. The van der Waals surface area contributed by atoms with Crippen molar-refractivity contribution in [3.05, 3.63) is 71.8 Å². The first-order valence-corrected chi connectivity index (χ1v) is 11.8. The zero-order valence-corrected chi connectivity index (χ0v) is 20.4. The van der Waals surface area contributed by atoms with E-state index in [-0.39, 0.29) is 45.2 Å². The van der Waals surface area contributed by atoms with Gasteiger partial charge in [-0.05, 0) is 36.4 Å². The topological polar surface area (TPSA) is 97.4 Å². The van der Waals surface area contributed by atoms with Gasteiger partial charge in [-0.25, -0.2) is 0 Å². The van der Waals surface area contributed by atoms with Crippen LogP contribution in [0.2, 0.25) is 0 Å². The lowest BCUT2D eigenvalue weighted by Crippen LogP contribution is -2.23. The predicted octanol–water partition coefficient (Wildman–Crippen LogP) is 4.40. The maximum atomic E-state index is 14.9. The van der Waals surface area contributed by atoms with E-state index in [1.54, 1.807) is 24.3 Å². The number of carbonyl (C=O) groups is 2. The lowest BCUT2D eigenvalue weighted by molar-refractivity contribution is 0.103. The van der Waals surface area contributed by atoms with E-state index in [0.717, 1.165) is 0 Å². The fourth-order valence-corrected chi connectivity index (χ4v) is 6.10. The standard InChI is InChI=1S/C25H25O8P/c1-29-16-10-6-7-15-21(16)34(28,24(26)22-17(30-2)11-8-12-18(22)31-3)25(27)23-19(32-4)13-9-14-20(23)33-5/h6-15H,1-5H3. The molecule has 0 N–H and O–H groups in total. The Hall–Kier alpha value is -3.77. The molecule has 0 saturated heterocycles. The van der Waals surface area contributed by atoms with Crippen LogP contribution in [0.15, 0.2) is 60.7 Å². The molecule has 8 nitrogen and oxygen atoms in total. The van der Waals surface area contributed by atoms with E-state index >= 15 is 0 Å². The first kappa shape index (κ1) is 24.9. The molecule has 0 spiro atoms. The van der Waals surface area contributed by atoms with Crippen LogP contribution in [0, 0.1) is 0 Å². The van der Waals surface area contributed by atoms with Crippen LogP contribution in [0.1, 0.15) is 20.7 Å². The number of hydrogen-bond acceptors (Lipinski definition) is 8. The minimum absolute atomic E-state index is 0.0616. The number of carbonyl (C=O) groups excluding carboxylic acids is 2.